The molecule has 2 aromatic rings. The van der Waals surface area contributed by atoms with E-state index in [0.29, 0.717) is 6.54 Å². The van der Waals surface area contributed by atoms with E-state index in [0.717, 1.165) is 32.4 Å². The monoisotopic (exact) mass is 304 g/mol. The van der Waals surface area contributed by atoms with Gasteiger partial charge in [0, 0.05) is 30.4 Å². The molecule has 0 aliphatic carbocycles. The van der Waals surface area contributed by atoms with Crippen molar-refractivity contribution in [3.8, 4) is 0 Å². The van der Waals surface area contributed by atoms with Crippen LogP contribution in [0.15, 0.2) is 36.0 Å². The number of hydrogen-bond donors (Lipinski definition) is 1. The van der Waals surface area contributed by atoms with Crippen molar-refractivity contribution < 1.29 is 4.79 Å². The summed E-state index contributed by atoms with van der Waals surface area (Å²) in [6.07, 6.45) is 6.76. The van der Waals surface area contributed by atoms with E-state index in [9.17, 15) is 4.79 Å². The summed E-state index contributed by atoms with van der Waals surface area (Å²) in [6.45, 7) is 2.33. The van der Waals surface area contributed by atoms with Gasteiger partial charge < -0.3 is 10.2 Å². The summed E-state index contributed by atoms with van der Waals surface area (Å²) in [6, 6.07) is 6.38. The molecule has 6 heteroatoms. The SMILES string of the molecule is O=C(NCCc1cccs1)N1CCCC1Cn1cccn1. The number of nitrogens with zero attached hydrogens (tertiary/aromatic N) is 3. The normalized spacial score (nSPS) is 18.1. The van der Waals surface area contributed by atoms with Crippen molar-refractivity contribution in [3.63, 3.8) is 0 Å². The van der Waals surface area contributed by atoms with Gasteiger partial charge in [0.05, 0.1) is 12.6 Å². The first-order valence-corrected chi connectivity index (χ1v) is 8.25. The Morgan fingerprint density at radius 1 is 1.48 bits per heavy atom. The van der Waals surface area contributed by atoms with Gasteiger partial charge in [-0.1, -0.05) is 6.07 Å². The Labute approximate surface area is 128 Å². The molecule has 3 rings (SSSR count). The maximum atomic E-state index is 12.3. The van der Waals surface area contributed by atoms with Crippen LogP contribution >= 0.6 is 11.3 Å². The lowest BCUT2D eigenvalue weighted by molar-refractivity contribution is 0.186. The van der Waals surface area contributed by atoms with Gasteiger partial charge in [-0.25, -0.2) is 4.79 Å². The summed E-state index contributed by atoms with van der Waals surface area (Å²) in [5.74, 6) is 0. The number of rotatable bonds is 5. The third-order valence-electron chi connectivity index (χ3n) is 3.82. The number of amides is 2. The molecule has 0 radical (unpaired) electrons. The minimum absolute atomic E-state index is 0.0567. The van der Waals surface area contributed by atoms with Gasteiger partial charge in [0.1, 0.15) is 0 Å². The molecule has 2 amide bonds. The largest absolute Gasteiger partial charge is 0.338 e. The minimum Gasteiger partial charge on any atom is -0.338 e. The van der Waals surface area contributed by atoms with Crippen molar-refractivity contribution in [1.82, 2.24) is 20.0 Å². The molecule has 1 atom stereocenters. The van der Waals surface area contributed by atoms with Crippen LogP contribution in [0.2, 0.25) is 0 Å². The fourth-order valence-electron chi connectivity index (χ4n) is 2.77. The maximum absolute atomic E-state index is 12.3. The molecule has 2 aromatic heterocycles. The number of carbonyl (C=O) groups excluding carboxylic acids is 1. The van der Waals surface area contributed by atoms with Crippen LogP contribution in [0.1, 0.15) is 17.7 Å². The van der Waals surface area contributed by atoms with E-state index in [-0.39, 0.29) is 12.1 Å². The first kappa shape index (κ1) is 14.1. The molecule has 0 saturated carbocycles. The topological polar surface area (TPSA) is 50.2 Å². The third-order valence-corrected chi connectivity index (χ3v) is 4.76. The first-order valence-electron chi connectivity index (χ1n) is 7.37. The van der Waals surface area contributed by atoms with E-state index in [1.807, 2.05) is 27.9 Å². The number of thiophene rings is 1. The third kappa shape index (κ3) is 3.64. The number of carbonyl (C=O) groups is 1. The fraction of sp³-hybridized carbons (Fsp3) is 0.467. The number of nitrogens with one attached hydrogen (secondary N) is 1. The Kier molecular flexibility index (Phi) is 4.55. The Morgan fingerprint density at radius 3 is 3.19 bits per heavy atom. The fourth-order valence-corrected chi connectivity index (χ4v) is 3.48. The zero-order valence-corrected chi connectivity index (χ0v) is 12.8. The highest BCUT2D eigenvalue weighted by Gasteiger charge is 2.28. The average Bonchev–Trinajstić information content (AvgIpc) is 3.20. The van der Waals surface area contributed by atoms with E-state index >= 15 is 0 Å². The average molecular weight is 304 g/mol. The summed E-state index contributed by atoms with van der Waals surface area (Å²) >= 11 is 1.73. The van der Waals surface area contributed by atoms with Crippen molar-refractivity contribution in [1.29, 1.82) is 0 Å². The van der Waals surface area contributed by atoms with Crippen LogP contribution in [0, 0.1) is 0 Å². The molecule has 1 fully saturated rings. The zero-order chi connectivity index (χ0) is 14.5. The Bertz CT molecular complexity index is 552. The van der Waals surface area contributed by atoms with Crippen molar-refractivity contribution in [2.45, 2.75) is 31.8 Å². The molecule has 1 aliphatic rings. The van der Waals surface area contributed by atoms with E-state index in [2.05, 4.69) is 21.9 Å². The van der Waals surface area contributed by atoms with Crippen LogP contribution in [0.3, 0.4) is 0 Å². The first-order chi connectivity index (χ1) is 10.3. The van der Waals surface area contributed by atoms with Crippen LogP contribution in [-0.2, 0) is 13.0 Å². The lowest BCUT2D eigenvalue weighted by atomic mass is 10.2. The second kappa shape index (κ2) is 6.76. The molecule has 1 N–H and O–H groups in total. The molecule has 1 saturated heterocycles. The smallest absolute Gasteiger partial charge is 0.317 e. The van der Waals surface area contributed by atoms with Gasteiger partial charge in [-0.05, 0) is 36.8 Å². The highest BCUT2D eigenvalue weighted by molar-refractivity contribution is 7.09. The second-order valence-corrected chi connectivity index (χ2v) is 6.31. The van der Waals surface area contributed by atoms with Crippen LogP contribution in [0.25, 0.3) is 0 Å². The highest BCUT2D eigenvalue weighted by atomic mass is 32.1. The highest BCUT2D eigenvalue weighted by Crippen LogP contribution is 2.18. The summed E-state index contributed by atoms with van der Waals surface area (Å²) in [7, 11) is 0. The quantitative estimate of drug-likeness (QED) is 0.922. The molecule has 0 bridgehead atoms. The molecular weight excluding hydrogens is 284 g/mol. The maximum Gasteiger partial charge on any atom is 0.317 e. The molecule has 5 nitrogen and oxygen atoms in total. The van der Waals surface area contributed by atoms with Crippen molar-refractivity contribution >= 4 is 17.4 Å². The molecule has 21 heavy (non-hydrogen) atoms. The van der Waals surface area contributed by atoms with Crippen LogP contribution in [0.5, 0.6) is 0 Å². The van der Waals surface area contributed by atoms with E-state index < -0.39 is 0 Å². The predicted molar refractivity (Wildman–Crippen MR) is 83.4 cm³/mol. The van der Waals surface area contributed by atoms with Crippen molar-refractivity contribution in [2.75, 3.05) is 13.1 Å². The van der Waals surface area contributed by atoms with E-state index in [4.69, 9.17) is 0 Å². The zero-order valence-electron chi connectivity index (χ0n) is 11.9. The van der Waals surface area contributed by atoms with Crippen molar-refractivity contribution in [3.05, 3.63) is 40.8 Å². The predicted octanol–water partition coefficient (Wildman–Crippen LogP) is 2.36. The number of aromatic nitrogens is 2. The molecular formula is C15H20N4OS. The van der Waals surface area contributed by atoms with Crippen LogP contribution < -0.4 is 5.32 Å². The Morgan fingerprint density at radius 2 is 2.43 bits per heavy atom. The molecule has 1 unspecified atom stereocenters. The van der Waals surface area contributed by atoms with Crippen LogP contribution in [-0.4, -0.2) is 39.8 Å². The Hall–Kier alpha value is -1.82. The molecule has 3 heterocycles. The standard InChI is InChI=1S/C15H20N4OS/c20-15(16-8-6-14-5-2-11-21-14)19-10-1-4-13(19)12-18-9-3-7-17-18/h2-3,5,7,9,11,13H,1,4,6,8,10,12H2,(H,16,20). The van der Waals surface area contributed by atoms with Gasteiger partial charge in [-0.15, -0.1) is 11.3 Å². The Balaban J connectivity index is 1.48. The van der Waals surface area contributed by atoms with Gasteiger partial charge >= 0.3 is 6.03 Å². The minimum atomic E-state index is 0.0567. The van der Waals surface area contributed by atoms with Crippen LogP contribution in [0.4, 0.5) is 4.79 Å². The summed E-state index contributed by atoms with van der Waals surface area (Å²) in [5, 5.41) is 9.33. The molecule has 0 spiro atoms. The molecule has 0 aromatic carbocycles. The second-order valence-electron chi connectivity index (χ2n) is 5.28. The number of hydrogen-bond acceptors (Lipinski definition) is 3. The van der Waals surface area contributed by atoms with Gasteiger partial charge in [0.25, 0.3) is 0 Å². The number of likely N-dealkylation sites (tertiary alicyclic amines) is 1. The summed E-state index contributed by atoms with van der Waals surface area (Å²) < 4.78 is 1.90. The van der Waals surface area contributed by atoms with E-state index in [1.165, 1.54) is 4.88 Å². The van der Waals surface area contributed by atoms with E-state index in [1.54, 1.807) is 17.5 Å². The number of urea groups is 1. The summed E-state index contributed by atoms with van der Waals surface area (Å²) in [5.41, 5.74) is 0. The van der Waals surface area contributed by atoms with Gasteiger partial charge in [-0.2, -0.15) is 5.10 Å². The van der Waals surface area contributed by atoms with Gasteiger partial charge in [-0.3, -0.25) is 4.68 Å². The lowest BCUT2D eigenvalue weighted by Crippen LogP contribution is -2.44. The lowest BCUT2D eigenvalue weighted by Gasteiger charge is -2.25. The van der Waals surface area contributed by atoms with Gasteiger partial charge in [0.15, 0.2) is 0 Å². The molecule has 1 aliphatic heterocycles. The van der Waals surface area contributed by atoms with Gasteiger partial charge in [0.2, 0.25) is 0 Å². The van der Waals surface area contributed by atoms with Crippen molar-refractivity contribution in [2.24, 2.45) is 0 Å². The summed E-state index contributed by atoms with van der Waals surface area (Å²) in [4.78, 5) is 15.6. The molecule has 112 valence electrons.